The smallest absolute Gasteiger partial charge is 0.302 e. The number of carbonyl (C=O) groups excluding carboxylic acids is 1. The number of H-pyrrole nitrogens is 1. The van der Waals surface area contributed by atoms with Crippen molar-refractivity contribution in [1.29, 1.82) is 0 Å². The maximum absolute atomic E-state index is 12.6. The summed E-state index contributed by atoms with van der Waals surface area (Å²) in [7, 11) is -4.56. The van der Waals surface area contributed by atoms with E-state index in [-0.39, 0.29) is 18.9 Å². The van der Waals surface area contributed by atoms with E-state index < -0.39 is 21.9 Å². The third kappa shape index (κ3) is 2.94. The summed E-state index contributed by atoms with van der Waals surface area (Å²) in [6.45, 7) is 0.170. The fourth-order valence-corrected chi connectivity index (χ4v) is 3.07. The number of rotatable bonds is 3. The van der Waals surface area contributed by atoms with Gasteiger partial charge in [-0.15, -0.1) is 3.89 Å². The molecule has 1 N–H and O–H groups in total. The third-order valence-electron chi connectivity index (χ3n) is 2.73. The highest BCUT2D eigenvalue weighted by atomic mass is 32.3. The molecule has 8 heteroatoms. The van der Waals surface area contributed by atoms with Crippen LogP contribution in [0, 0.1) is 10.6 Å². The molecule has 5 nitrogen and oxygen atoms in total. The van der Waals surface area contributed by atoms with Crippen molar-refractivity contribution >= 4 is 34.0 Å². The van der Waals surface area contributed by atoms with E-state index in [4.69, 9.17) is 12.2 Å². The summed E-state index contributed by atoms with van der Waals surface area (Å²) in [5, 5.41) is 0. The van der Waals surface area contributed by atoms with Gasteiger partial charge in [0, 0.05) is 25.1 Å². The molecule has 1 aliphatic rings. The quantitative estimate of drug-likeness (QED) is 0.675. The molecule has 1 atom stereocenters. The van der Waals surface area contributed by atoms with E-state index in [0.717, 1.165) is 0 Å². The Kier molecular flexibility index (Phi) is 3.49. The zero-order valence-electron chi connectivity index (χ0n) is 9.30. The molecule has 98 valence electrons. The molecule has 0 radical (unpaired) electrons. The Balaban J connectivity index is 2.21. The number of halogens is 1. The number of hydrogen-bond donors (Lipinski definition) is 1. The van der Waals surface area contributed by atoms with Gasteiger partial charge >= 0.3 is 10.2 Å². The van der Waals surface area contributed by atoms with E-state index in [1.54, 1.807) is 18.3 Å². The number of aromatic amines is 1. The van der Waals surface area contributed by atoms with Crippen LogP contribution in [-0.4, -0.2) is 31.6 Å². The van der Waals surface area contributed by atoms with Crippen LogP contribution in [-0.2, 0) is 15.0 Å². The van der Waals surface area contributed by atoms with E-state index >= 15 is 0 Å². The minimum Gasteiger partial charge on any atom is -0.351 e. The summed E-state index contributed by atoms with van der Waals surface area (Å²) in [5.74, 6) is -1.39. The first-order valence-electron chi connectivity index (χ1n) is 5.27. The Hall–Kier alpha value is -1.28. The lowest BCUT2D eigenvalue weighted by Crippen LogP contribution is -2.25. The summed E-state index contributed by atoms with van der Waals surface area (Å²) >= 11 is 5.05. The van der Waals surface area contributed by atoms with Gasteiger partial charge in [0.05, 0.1) is 11.4 Å². The predicted molar refractivity (Wildman–Crippen MR) is 67.0 cm³/mol. The van der Waals surface area contributed by atoms with Gasteiger partial charge in [0.15, 0.2) is 0 Å². The van der Waals surface area contributed by atoms with Crippen molar-refractivity contribution in [3.63, 3.8) is 0 Å². The van der Waals surface area contributed by atoms with Crippen LogP contribution >= 0.6 is 12.2 Å². The fourth-order valence-electron chi connectivity index (χ4n) is 2.03. The Labute approximate surface area is 109 Å². The van der Waals surface area contributed by atoms with Crippen molar-refractivity contribution in [2.24, 2.45) is 5.92 Å². The number of pyridine rings is 1. The molecular formula is C10H11FN2O3S2. The molecule has 1 amide bonds. The average Bonchev–Trinajstić information content (AvgIpc) is 2.57. The molecular weight excluding hydrogens is 279 g/mol. The van der Waals surface area contributed by atoms with Gasteiger partial charge in [-0.1, -0.05) is 12.2 Å². The molecule has 1 saturated heterocycles. The summed E-state index contributed by atoms with van der Waals surface area (Å²) in [5.41, 5.74) is 0.524. The summed E-state index contributed by atoms with van der Waals surface area (Å²) in [4.78, 5) is 16.0. The first-order chi connectivity index (χ1) is 8.37. The second-order valence-electron chi connectivity index (χ2n) is 4.16. The van der Waals surface area contributed by atoms with Crippen molar-refractivity contribution in [2.75, 3.05) is 17.2 Å². The van der Waals surface area contributed by atoms with Crippen molar-refractivity contribution < 1.29 is 17.1 Å². The number of nitrogens with zero attached hydrogens (tertiary/aromatic N) is 1. The Morgan fingerprint density at radius 1 is 1.56 bits per heavy atom. The Bertz CT molecular complexity index is 626. The number of hydrogen-bond acceptors (Lipinski definition) is 4. The molecule has 1 unspecified atom stereocenters. The second-order valence-corrected chi connectivity index (χ2v) is 5.98. The molecule has 1 aliphatic heterocycles. The van der Waals surface area contributed by atoms with E-state index in [0.29, 0.717) is 10.3 Å². The maximum Gasteiger partial charge on any atom is 0.302 e. The topological polar surface area (TPSA) is 70.2 Å². The zero-order chi connectivity index (χ0) is 13.3. The molecule has 0 aliphatic carbocycles. The van der Waals surface area contributed by atoms with Crippen molar-refractivity contribution in [2.45, 2.75) is 6.42 Å². The van der Waals surface area contributed by atoms with Crippen LogP contribution in [0.1, 0.15) is 6.42 Å². The van der Waals surface area contributed by atoms with Gasteiger partial charge in [-0.05, 0) is 12.1 Å². The molecule has 1 aromatic heterocycles. The van der Waals surface area contributed by atoms with Crippen LogP contribution in [0.2, 0.25) is 0 Å². The number of nitrogens with one attached hydrogen (secondary N) is 1. The van der Waals surface area contributed by atoms with Gasteiger partial charge in [-0.25, -0.2) is 0 Å². The maximum atomic E-state index is 12.6. The summed E-state index contributed by atoms with van der Waals surface area (Å²) < 4.78 is 34.2. The standard InChI is InChI=1S/C10H11FN2O3S2/c11-18(15,16)6-7-4-9(14)13(5-7)8-2-1-3-12-10(8)17/h1-3,7H,4-6H2,(H,12,17). The van der Waals surface area contributed by atoms with Crippen molar-refractivity contribution in [1.82, 2.24) is 4.98 Å². The van der Waals surface area contributed by atoms with E-state index in [2.05, 4.69) is 4.98 Å². The van der Waals surface area contributed by atoms with Gasteiger partial charge in [-0.3, -0.25) is 4.79 Å². The van der Waals surface area contributed by atoms with Crippen LogP contribution in [0.3, 0.4) is 0 Å². The average molecular weight is 290 g/mol. The van der Waals surface area contributed by atoms with E-state index in [9.17, 15) is 17.1 Å². The number of anilines is 1. The van der Waals surface area contributed by atoms with Crippen LogP contribution < -0.4 is 4.90 Å². The minimum absolute atomic E-state index is 0.0207. The van der Waals surface area contributed by atoms with Gasteiger partial charge in [-0.2, -0.15) is 8.42 Å². The molecule has 2 heterocycles. The molecule has 1 fully saturated rings. The van der Waals surface area contributed by atoms with Crippen LogP contribution in [0.15, 0.2) is 18.3 Å². The summed E-state index contributed by atoms with van der Waals surface area (Å²) in [6, 6.07) is 3.36. The molecule has 0 aromatic carbocycles. The lowest BCUT2D eigenvalue weighted by molar-refractivity contribution is -0.117. The third-order valence-corrected chi connectivity index (χ3v) is 3.92. The van der Waals surface area contributed by atoms with Crippen LogP contribution in [0.5, 0.6) is 0 Å². The number of aromatic nitrogens is 1. The molecule has 0 bridgehead atoms. The molecule has 2 rings (SSSR count). The summed E-state index contributed by atoms with van der Waals surface area (Å²) in [6.07, 6.45) is 1.66. The number of carbonyl (C=O) groups is 1. The Morgan fingerprint density at radius 2 is 2.28 bits per heavy atom. The molecule has 0 saturated carbocycles. The largest absolute Gasteiger partial charge is 0.351 e. The zero-order valence-corrected chi connectivity index (χ0v) is 10.9. The van der Waals surface area contributed by atoms with Crippen molar-refractivity contribution in [3.05, 3.63) is 23.0 Å². The lowest BCUT2D eigenvalue weighted by atomic mass is 10.1. The Morgan fingerprint density at radius 3 is 2.89 bits per heavy atom. The lowest BCUT2D eigenvalue weighted by Gasteiger charge is -2.16. The van der Waals surface area contributed by atoms with Crippen LogP contribution in [0.4, 0.5) is 9.57 Å². The van der Waals surface area contributed by atoms with Gasteiger partial charge < -0.3 is 9.88 Å². The highest BCUT2D eigenvalue weighted by molar-refractivity contribution is 7.86. The monoisotopic (exact) mass is 290 g/mol. The van der Waals surface area contributed by atoms with Gasteiger partial charge in [0.2, 0.25) is 5.91 Å². The predicted octanol–water partition coefficient (Wildman–Crippen LogP) is 1.40. The first-order valence-corrected chi connectivity index (χ1v) is 7.23. The SMILES string of the molecule is O=C1CC(CS(=O)(=O)F)CN1c1ccc[nH]c1=S. The highest BCUT2D eigenvalue weighted by Crippen LogP contribution is 2.26. The van der Waals surface area contributed by atoms with Crippen molar-refractivity contribution in [3.8, 4) is 0 Å². The van der Waals surface area contributed by atoms with Crippen LogP contribution in [0.25, 0.3) is 0 Å². The molecule has 18 heavy (non-hydrogen) atoms. The van der Waals surface area contributed by atoms with Gasteiger partial charge in [0.1, 0.15) is 4.64 Å². The highest BCUT2D eigenvalue weighted by Gasteiger charge is 2.34. The van der Waals surface area contributed by atoms with Gasteiger partial charge in [0.25, 0.3) is 0 Å². The second kappa shape index (κ2) is 4.77. The fraction of sp³-hybridized carbons (Fsp3) is 0.400. The van der Waals surface area contributed by atoms with E-state index in [1.165, 1.54) is 4.90 Å². The first kappa shape index (κ1) is 13.2. The normalized spacial score (nSPS) is 20.4. The molecule has 0 spiro atoms. The van der Waals surface area contributed by atoms with E-state index in [1.807, 2.05) is 0 Å². The molecule has 1 aromatic rings. The minimum atomic E-state index is -4.56. The number of amides is 1.